The number of hydrogen-bond acceptors (Lipinski definition) is 3. The predicted octanol–water partition coefficient (Wildman–Crippen LogP) is 6.49. The largest absolute Gasteiger partial charge is 0.458 e. The molecule has 0 heterocycles. The maximum atomic E-state index is 12.3. The molecule has 0 aliphatic heterocycles. The van der Waals surface area contributed by atoms with E-state index in [-0.39, 0.29) is 11.6 Å². The first-order valence-corrected chi connectivity index (χ1v) is 11.0. The summed E-state index contributed by atoms with van der Waals surface area (Å²) in [5.41, 5.74) is 1.07. The molecule has 0 saturated heterocycles. The van der Waals surface area contributed by atoms with E-state index in [0.29, 0.717) is 5.75 Å². The van der Waals surface area contributed by atoms with E-state index >= 15 is 0 Å². The van der Waals surface area contributed by atoms with Crippen LogP contribution in [0, 0.1) is 0 Å². The van der Waals surface area contributed by atoms with Crippen molar-refractivity contribution in [2.45, 2.75) is 50.4 Å². The standard InChI is InChI=1S/C24H26O2S/c1-2-24(11-5-6-12-24)26-23(25)17-27-16-18-9-10-21-14-19-7-3-4-8-20(19)15-22(21)13-18/h3-4,7-10,13-15H,2,5-6,11-12,16-17H2,1H3. The number of carbonyl (C=O) groups is 1. The maximum absolute atomic E-state index is 12.3. The average molecular weight is 379 g/mol. The number of hydrogen-bond donors (Lipinski definition) is 0. The molecule has 3 aromatic rings. The van der Waals surface area contributed by atoms with Gasteiger partial charge in [0, 0.05) is 5.75 Å². The van der Waals surface area contributed by atoms with E-state index in [0.717, 1.165) is 25.0 Å². The van der Waals surface area contributed by atoms with Gasteiger partial charge in [0.25, 0.3) is 0 Å². The lowest BCUT2D eigenvalue weighted by Gasteiger charge is -2.27. The van der Waals surface area contributed by atoms with Crippen LogP contribution in [0.25, 0.3) is 21.5 Å². The number of ether oxygens (including phenoxy) is 1. The van der Waals surface area contributed by atoms with Gasteiger partial charge in [-0.2, -0.15) is 0 Å². The van der Waals surface area contributed by atoms with E-state index in [9.17, 15) is 4.79 Å². The summed E-state index contributed by atoms with van der Waals surface area (Å²) in [6.45, 7) is 2.13. The van der Waals surface area contributed by atoms with Crippen LogP contribution in [-0.2, 0) is 15.3 Å². The van der Waals surface area contributed by atoms with Gasteiger partial charge < -0.3 is 4.74 Å². The molecule has 1 fully saturated rings. The first kappa shape index (κ1) is 18.4. The normalized spacial score (nSPS) is 16.0. The lowest BCUT2D eigenvalue weighted by atomic mass is 9.99. The molecule has 27 heavy (non-hydrogen) atoms. The van der Waals surface area contributed by atoms with Crippen LogP contribution in [0.3, 0.4) is 0 Å². The topological polar surface area (TPSA) is 26.3 Å². The van der Waals surface area contributed by atoms with E-state index in [2.05, 4.69) is 61.5 Å². The Morgan fingerprint density at radius 1 is 0.963 bits per heavy atom. The highest BCUT2D eigenvalue weighted by Gasteiger charge is 2.35. The monoisotopic (exact) mass is 378 g/mol. The van der Waals surface area contributed by atoms with Crippen molar-refractivity contribution in [2.24, 2.45) is 0 Å². The second-order valence-electron chi connectivity index (χ2n) is 7.59. The van der Waals surface area contributed by atoms with Gasteiger partial charge in [0.05, 0.1) is 5.75 Å². The fourth-order valence-corrected chi connectivity index (χ4v) is 4.89. The van der Waals surface area contributed by atoms with Crippen LogP contribution in [0.4, 0.5) is 0 Å². The molecule has 0 bridgehead atoms. The molecule has 2 nitrogen and oxygen atoms in total. The Morgan fingerprint density at radius 2 is 1.63 bits per heavy atom. The van der Waals surface area contributed by atoms with Crippen LogP contribution in [-0.4, -0.2) is 17.3 Å². The third-order valence-corrected chi connectivity index (χ3v) is 6.72. The first-order chi connectivity index (χ1) is 13.2. The second kappa shape index (κ2) is 7.93. The number of carbonyl (C=O) groups excluding carboxylic acids is 1. The molecule has 0 radical (unpaired) electrons. The minimum atomic E-state index is -0.179. The van der Waals surface area contributed by atoms with E-state index < -0.39 is 0 Å². The number of rotatable bonds is 6. The van der Waals surface area contributed by atoms with Gasteiger partial charge in [0.15, 0.2) is 0 Å². The molecule has 0 aromatic heterocycles. The van der Waals surface area contributed by atoms with Gasteiger partial charge in [-0.15, -0.1) is 11.8 Å². The van der Waals surface area contributed by atoms with Crippen molar-refractivity contribution in [1.29, 1.82) is 0 Å². The number of fused-ring (bicyclic) bond motifs is 2. The van der Waals surface area contributed by atoms with Crippen molar-refractivity contribution in [3.8, 4) is 0 Å². The minimum Gasteiger partial charge on any atom is -0.458 e. The molecule has 1 aliphatic rings. The molecule has 0 atom stereocenters. The Morgan fingerprint density at radius 3 is 2.33 bits per heavy atom. The van der Waals surface area contributed by atoms with E-state index in [1.807, 2.05) is 0 Å². The van der Waals surface area contributed by atoms with Crippen LogP contribution in [0.15, 0.2) is 54.6 Å². The molecular weight excluding hydrogens is 352 g/mol. The van der Waals surface area contributed by atoms with Gasteiger partial charge in [0.2, 0.25) is 0 Å². The molecule has 140 valence electrons. The second-order valence-corrected chi connectivity index (χ2v) is 8.58. The molecule has 0 N–H and O–H groups in total. The minimum absolute atomic E-state index is 0.0597. The smallest absolute Gasteiger partial charge is 0.316 e. The molecule has 3 aromatic carbocycles. The van der Waals surface area contributed by atoms with Crippen molar-refractivity contribution in [1.82, 2.24) is 0 Å². The molecule has 1 aliphatic carbocycles. The summed E-state index contributed by atoms with van der Waals surface area (Å²) in [5.74, 6) is 1.20. The quantitative estimate of drug-likeness (QED) is 0.362. The Labute approximate surface area is 165 Å². The van der Waals surface area contributed by atoms with Gasteiger partial charge in [-0.05, 0) is 71.3 Å². The van der Waals surface area contributed by atoms with Gasteiger partial charge in [0.1, 0.15) is 5.60 Å². The highest BCUT2D eigenvalue weighted by molar-refractivity contribution is 7.99. The van der Waals surface area contributed by atoms with Gasteiger partial charge in [-0.25, -0.2) is 0 Å². The Balaban J connectivity index is 1.38. The number of esters is 1. The molecule has 0 unspecified atom stereocenters. The highest BCUT2D eigenvalue weighted by Crippen LogP contribution is 2.36. The van der Waals surface area contributed by atoms with Crippen LogP contribution in [0.1, 0.15) is 44.6 Å². The molecule has 3 heteroatoms. The summed E-state index contributed by atoms with van der Waals surface area (Å²) >= 11 is 1.64. The molecule has 0 amide bonds. The molecule has 0 spiro atoms. The Kier molecular flexibility index (Phi) is 5.40. The zero-order chi connectivity index (χ0) is 18.7. The summed E-state index contributed by atoms with van der Waals surface area (Å²) in [5, 5.41) is 5.05. The number of benzene rings is 3. The average Bonchev–Trinajstić information content (AvgIpc) is 3.15. The summed E-state index contributed by atoms with van der Waals surface area (Å²) in [6, 6.07) is 19.5. The Hall–Kier alpha value is -2.00. The summed E-state index contributed by atoms with van der Waals surface area (Å²) in [4.78, 5) is 12.3. The third kappa shape index (κ3) is 4.14. The molecule has 4 rings (SSSR count). The van der Waals surface area contributed by atoms with Crippen LogP contribution >= 0.6 is 11.8 Å². The van der Waals surface area contributed by atoms with Gasteiger partial charge >= 0.3 is 5.97 Å². The zero-order valence-corrected chi connectivity index (χ0v) is 16.7. The van der Waals surface area contributed by atoms with Crippen molar-refractivity contribution in [2.75, 3.05) is 5.75 Å². The molecule has 1 saturated carbocycles. The van der Waals surface area contributed by atoms with Crippen molar-refractivity contribution >= 4 is 39.3 Å². The van der Waals surface area contributed by atoms with Crippen LogP contribution in [0.5, 0.6) is 0 Å². The van der Waals surface area contributed by atoms with Crippen molar-refractivity contribution in [3.05, 3.63) is 60.2 Å². The Bertz CT molecular complexity index is 957. The maximum Gasteiger partial charge on any atom is 0.316 e. The van der Waals surface area contributed by atoms with Crippen molar-refractivity contribution in [3.63, 3.8) is 0 Å². The number of thioether (sulfide) groups is 1. The SMILES string of the molecule is CCC1(OC(=O)CSCc2ccc3cc4ccccc4cc3c2)CCCC1. The van der Waals surface area contributed by atoms with Gasteiger partial charge in [-0.3, -0.25) is 4.79 Å². The van der Waals surface area contributed by atoms with Crippen molar-refractivity contribution < 1.29 is 9.53 Å². The highest BCUT2D eigenvalue weighted by atomic mass is 32.2. The first-order valence-electron chi connectivity index (χ1n) is 9.88. The summed E-state index contributed by atoms with van der Waals surface area (Å²) in [6.07, 6.45) is 5.35. The third-order valence-electron chi connectivity index (χ3n) is 5.75. The predicted molar refractivity (Wildman–Crippen MR) is 115 cm³/mol. The fraction of sp³-hybridized carbons (Fsp3) is 0.375. The van der Waals surface area contributed by atoms with E-state index in [1.54, 1.807) is 11.8 Å². The van der Waals surface area contributed by atoms with Gasteiger partial charge in [-0.1, -0.05) is 49.4 Å². The molecular formula is C24H26O2S. The lowest BCUT2D eigenvalue weighted by Crippen LogP contribution is -2.31. The summed E-state index contributed by atoms with van der Waals surface area (Å²) < 4.78 is 5.84. The van der Waals surface area contributed by atoms with Crippen LogP contribution in [0.2, 0.25) is 0 Å². The lowest BCUT2D eigenvalue weighted by molar-refractivity contribution is -0.156. The fourth-order valence-electron chi connectivity index (χ4n) is 4.15. The van der Waals surface area contributed by atoms with Crippen LogP contribution < -0.4 is 0 Å². The van der Waals surface area contributed by atoms with E-state index in [4.69, 9.17) is 4.74 Å². The summed E-state index contributed by atoms with van der Waals surface area (Å²) in [7, 11) is 0. The van der Waals surface area contributed by atoms with E-state index in [1.165, 1.54) is 39.9 Å². The zero-order valence-electron chi connectivity index (χ0n) is 15.9.